The van der Waals surface area contributed by atoms with Gasteiger partial charge < -0.3 is 10.1 Å². The van der Waals surface area contributed by atoms with Crippen LogP contribution in [0.3, 0.4) is 0 Å². The van der Waals surface area contributed by atoms with E-state index in [0.29, 0.717) is 0 Å². The van der Waals surface area contributed by atoms with Crippen LogP contribution in [0.25, 0.3) is 0 Å². The largest absolute Gasteiger partial charge is 0.494 e. The monoisotopic (exact) mass is 184 g/mol. The summed E-state index contributed by atoms with van der Waals surface area (Å²) in [5.41, 5.74) is 0.826. The Kier molecular flexibility index (Phi) is 3.64. The second kappa shape index (κ2) is 4.77. The van der Waals surface area contributed by atoms with Gasteiger partial charge in [0.1, 0.15) is 0 Å². The van der Waals surface area contributed by atoms with E-state index in [0.717, 1.165) is 18.7 Å². The van der Waals surface area contributed by atoms with Gasteiger partial charge in [0.05, 0.1) is 13.3 Å². The molecule has 0 aliphatic rings. The van der Waals surface area contributed by atoms with E-state index < -0.39 is 5.82 Å². The molecular weight excluding hydrogens is 171 g/mol. The standard InChI is InChI=1S/C9H13FN2O/c1-11-4-3-7-5-9(13-2)8(10)6-12-7/h5-6,11H,3-4H2,1-2H3. The van der Waals surface area contributed by atoms with Gasteiger partial charge in [-0.15, -0.1) is 0 Å². The first-order chi connectivity index (χ1) is 6.27. The number of aromatic nitrogens is 1. The molecule has 0 aliphatic heterocycles. The van der Waals surface area contributed by atoms with Crippen LogP contribution in [-0.2, 0) is 6.42 Å². The molecule has 4 heteroatoms. The Hall–Kier alpha value is -1.16. The summed E-state index contributed by atoms with van der Waals surface area (Å²) in [6, 6.07) is 1.62. The number of methoxy groups -OCH3 is 1. The lowest BCUT2D eigenvalue weighted by Crippen LogP contribution is -2.11. The van der Waals surface area contributed by atoms with Crippen LogP contribution in [0.1, 0.15) is 5.69 Å². The van der Waals surface area contributed by atoms with Crippen LogP contribution in [0.5, 0.6) is 5.75 Å². The third-order valence-electron chi connectivity index (χ3n) is 1.73. The first-order valence-electron chi connectivity index (χ1n) is 4.11. The lowest BCUT2D eigenvalue weighted by Gasteiger charge is -2.04. The molecule has 1 rings (SSSR count). The number of nitrogens with one attached hydrogen (secondary N) is 1. The minimum absolute atomic E-state index is 0.251. The maximum absolute atomic E-state index is 12.9. The van der Waals surface area contributed by atoms with E-state index in [-0.39, 0.29) is 5.75 Å². The Morgan fingerprint density at radius 2 is 2.38 bits per heavy atom. The Balaban J connectivity index is 2.74. The summed E-state index contributed by atoms with van der Waals surface area (Å²) in [4.78, 5) is 3.93. The predicted octanol–water partition coefficient (Wildman–Crippen LogP) is 0.991. The Bertz CT molecular complexity index is 278. The molecule has 0 bridgehead atoms. The van der Waals surface area contributed by atoms with Crippen molar-refractivity contribution in [3.8, 4) is 5.75 Å². The fraction of sp³-hybridized carbons (Fsp3) is 0.444. The van der Waals surface area contributed by atoms with Crippen molar-refractivity contribution in [2.75, 3.05) is 20.7 Å². The third-order valence-corrected chi connectivity index (χ3v) is 1.73. The molecule has 1 heterocycles. The van der Waals surface area contributed by atoms with Gasteiger partial charge in [-0.3, -0.25) is 4.98 Å². The molecule has 0 saturated heterocycles. The van der Waals surface area contributed by atoms with Gasteiger partial charge in [0.2, 0.25) is 0 Å². The highest BCUT2D eigenvalue weighted by Crippen LogP contribution is 2.15. The zero-order chi connectivity index (χ0) is 9.68. The molecule has 0 spiro atoms. The average molecular weight is 184 g/mol. The van der Waals surface area contributed by atoms with Crippen LogP contribution >= 0.6 is 0 Å². The lowest BCUT2D eigenvalue weighted by atomic mass is 10.2. The molecule has 0 atom stereocenters. The van der Waals surface area contributed by atoms with Crippen LogP contribution in [-0.4, -0.2) is 25.7 Å². The molecule has 13 heavy (non-hydrogen) atoms. The predicted molar refractivity (Wildman–Crippen MR) is 48.4 cm³/mol. The van der Waals surface area contributed by atoms with E-state index in [1.807, 2.05) is 7.05 Å². The van der Waals surface area contributed by atoms with Gasteiger partial charge in [-0.2, -0.15) is 0 Å². The van der Waals surface area contributed by atoms with E-state index in [1.165, 1.54) is 13.3 Å². The minimum Gasteiger partial charge on any atom is -0.494 e. The number of nitrogens with zero attached hydrogens (tertiary/aromatic N) is 1. The summed E-state index contributed by atoms with van der Waals surface area (Å²) in [7, 11) is 3.31. The molecule has 0 aromatic carbocycles. The summed E-state index contributed by atoms with van der Waals surface area (Å²) in [5.74, 6) is -0.170. The first kappa shape index (κ1) is 9.92. The van der Waals surface area contributed by atoms with E-state index in [2.05, 4.69) is 10.3 Å². The summed E-state index contributed by atoms with van der Waals surface area (Å²) in [6.07, 6.45) is 1.96. The van der Waals surface area contributed by atoms with Gasteiger partial charge >= 0.3 is 0 Å². The Morgan fingerprint density at radius 1 is 1.62 bits per heavy atom. The van der Waals surface area contributed by atoms with Crippen molar-refractivity contribution in [2.24, 2.45) is 0 Å². The number of rotatable bonds is 4. The molecule has 1 aromatic heterocycles. The molecule has 0 radical (unpaired) electrons. The highest BCUT2D eigenvalue weighted by Gasteiger charge is 2.03. The van der Waals surface area contributed by atoms with E-state index >= 15 is 0 Å². The van der Waals surface area contributed by atoms with E-state index in [9.17, 15) is 4.39 Å². The topological polar surface area (TPSA) is 34.1 Å². The first-order valence-corrected chi connectivity index (χ1v) is 4.11. The molecule has 0 fully saturated rings. The van der Waals surface area contributed by atoms with Gasteiger partial charge in [0.25, 0.3) is 0 Å². The second-order valence-corrected chi connectivity index (χ2v) is 2.66. The Morgan fingerprint density at radius 3 is 3.00 bits per heavy atom. The van der Waals surface area contributed by atoms with Crippen molar-refractivity contribution in [3.05, 3.63) is 23.8 Å². The molecule has 1 N–H and O–H groups in total. The number of halogens is 1. The number of pyridine rings is 1. The van der Waals surface area contributed by atoms with E-state index in [4.69, 9.17) is 4.74 Å². The quantitative estimate of drug-likeness (QED) is 0.757. The fourth-order valence-corrected chi connectivity index (χ4v) is 1.01. The van der Waals surface area contributed by atoms with Crippen LogP contribution in [0.15, 0.2) is 12.3 Å². The molecule has 1 aromatic rings. The average Bonchev–Trinajstić information content (AvgIpc) is 2.16. The summed E-state index contributed by atoms with van der Waals surface area (Å²) in [6.45, 7) is 0.821. The summed E-state index contributed by atoms with van der Waals surface area (Å²) in [5, 5.41) is 2.99. The highest BCUT2D eigenvalue weighted by atomic mass is 19.1. The molecule has 0 unspecified atom stereocenters. The number of hydrogen-bond donors (Lipinski definition) is 1. The molecule has 0 amide bonds. The molecule has 3 nitrogen and oxygen atoms in total. The van der Waals surface area contributed by atoms with Crippen molar-refractivity contribution in [1.82, 2.24) is 10.3 Å². The van der Waals surface area contributed by atoms with E-state index in [1.54, 1.807) is 6.07 Å². The molecule has 72 valence electrons. The molecule has 0 saturated carbocycles. The van der Waals surface area contributed by atoms with Crippen molar-refractivity contribution in [3.63, 3.8) is 0 Å². The minimum atomic E-state index is -0.421. The SMILES string of the molecule is CNCCc1cc(OC)c(F)cn1. The maximum atomic E-state index is 12.9. The summed E-state index contributed by atoms with van der Waals surface area (Å²) < 4.78 is 17.7. The van der Waals surface area contributed by atoms with Crippen molar-refractivity contribution in [2.45, 2.75) is 6.42 Å². The maximum Gasteiger partial charge on any atom is 0.183 e. The highest BCUT2D eigenvalue weighted by molar-refractivity contribution is 5.24. The van der Waals surface area contributed by atoms with Crippen LogP contribution in [0.2, 0.25) is 0 Å². The van der Waals surface area contributed by atoms with Gasteiger partial charge in [-0.05, 0) is 7.05 Å². The smallest absolute Gasteiger partial charge is 0.183 e. The number of likely N-dealkylation sites (N-methyl/N-ethyl adjacent to an activating group) is 1. The number of hydrogen-bond acceptors (Lipinski definition) is 3. The van der Waals surface area contributed by atoms with Crippen LogP contribution in [0.4, 0.5) is 4.39 Å². The Labute approximate surface area is 76.9 Å². The normalized spacial score (nSPS) is 10.1. The van der Waals surface area contributed by atoms with Crippen molar-refractivity contribution >= 4 is 0 Å². The van der Waals surface area contributed by atoms with Gasteiger partial charge in [0.15, 0.2) is 11.6 Å². The zero-order valence-corrected chi connectivity index (χ0v) is 7.80. The van der Waals surface area contributed by atoms with Crippen LogP contribution in [0, 0.1) is 5.82 Å². The molecule has 0 aliphatic carbocycles. The van der Waals surface area contributed by atoms with Crippen molar-refractivity contribution < 1.29 is 9.13 Å². The zero-order valence-electron chi connectivity index (χ0n) is 7.80. The van der Waals surface area contributed by atoms with Crippen molar-refractivity contribution in [1.29, 1.82) is 0 Å². The lowest BCUT2D eigenvalue weighted by molar-refractivity contribution is 0.384. The third kappa shape index (κ3) is 2.66. The molecular formula is C9H13FN2O. The number of ether oxygens (including phenoxy) is 1. The fourth-order valence-electron chi connectivity index (χ4n) is 1.01. The van der Waals surface area contributed by atoms with Crippen LogP contribution < -0.4 is 10.1 Å². The second-order valence-electron chi connectivity index (χ2n) is 2.66. The summed E-state index contributed by atoms with van der Waals surface area (Å²) >= 11 is 0. The van der Waals surface area contributed by atoms with Gasteiger partial charge in [-0.1, -0.05) is 0 Å². The van der Waals surface area contributed by atoms with Gasteiger partial charge in [0, 0.05) is 24.7 Å². The van der Waals surface area contributed by atoms with Gasteiger partial charge in [-0.25, -0.2) is 4.39 Å².